The van der Waals surface area contributed by atoms with Crippen molar-refractivity contribution in [2.24, 2.45) is 0 Å². The minimum atomic E-state index is -0.595. The molecule has 0 aromatic heterocycles. The molecule has 0 heterocycles. The van der Waals surface area contributed by atoms with Crippen molar-refractivity contribution in [1.82, 2.24) is 0 Å². The van der Waals surface area contributed by atoms with Gasteiger partial charge in [-0.25, -0.2) is 0 Å². The molecular formula is C19H44O6. The van der Waals surface area contributed by atoms with Crippen molar-refractivity contribution in [3.8, 4) is 0 Å². The molecule has 6 nitrogen and oxygen atoms in total. The first-order chi connectivity index (χ1) is 9.24. The normalized spacial score (nSPS) is 12.0. The Hall–Kier alpha value is -1.43. The first-order valence-electron chi connectivity index (χ1n) is 6.78. The van der Waals surface area contributed by atoms with E-state index >= 15 is 0 Å². The zero-order valence-corrected chi connectivity index (χ0v) is 12.5. The van der Waals surface area contributed by atoms with Gasteiger partial charge in [-0.2, -0.15) is 0 Å². The highest BCUT2D eigenvalue weighted by Crippen LogP contribution is 2.14. The third-order valence-corrected chi connectivity index (χ3v) is 2.66. The van der Waals surface area contributed by atoms with E-state index in [4.69, 9.17) is 9.47 Å². The van der Waals surface area contributed by atoms with Crippen LogP contribution in [0.3, 0.4) is 0 Å². The van der Waals surface area contributed by atoms with Crippen LogP contribution in [-0.4, -0.2) is 41.1 Å². The summed E-state index contributed by atoms with van der Waals surface area (Å²) in [6.45, 7) is 6.08. The van der Waals surface area contributed by atoms with Crippen LogP contribution in [0, 0.1) is 0 Å². The van der Waals surface area contributed by atoms with E-state index in [0.29, 0.717) is 19.3 Å². The maximum atomic E-state index is 11.3. The number of rotatable bonds is 9. The number of esters is 2. The molecule has 0 aliphatic carbocycles. The van der Waals surface area contributed by atoms with Gasteiger partial charge >= 0.3 is 11.9 Å². The Bertz CT molecular complexity index is 341. The monoisotopic (exact) mass is 368 g/mol. The Labute approximate surface area is 156 Å². The van der Waals surface area contributed by atoms with E-state index in [1.54, 1.807) is 6.92 Å². The van der Waals surface area contributed by atoms with Crippen molar-refractivity contribution in [3.63, 3.8) is 0 Å². The first kappa shape index (κ1) is 38.9. The standard InChI is InChI=1S/C14H24O6.5CH4/c1-5-12(17)8-13(20-11(4)16)7-10(3)19-14(18)6-9(2)15;;;;;/h10,12-13,17H,5-8H2,1-4H3;5*1H4. The van der Waals surface area contributed by atoms with Crippen molar-refractivity contribution < 1.29 is 29.0 Å². The zero-order chi connectivity index (χ0) is 15.7. The summed E-state index contributed by atoms with van der Waals surface area (Å²) in [5.41, 5.74) is 0. The second-order valence-corrected chi connectivity index (χ2v) is 4.94. The third kappa shape index (κ3) is 22.6. The molecule has 0 aliphatic rings. The van der Waals surface area contributed by atoms with Crippen LogP contribution in [0.25, 0.3) is 0 Å². The van der Waals surface area contributed by atoms with Crippen LogP contribution in [0.2, 0.25) is 0 Å². The number of aliphatic hydroxyl groups excluding tert-OH is 1. The summed E-state index contributed by atoms with van der Waals surface area (Å²) in [6.07, 6.45) is -0.696. The van der Waals surface area contributed by atoms with Crippen LogP contribution in [-0.2, 0) is 23.9 Å². The average molecular weight is 369 g/mol. The fraction of sp³-hybridized carbons (Fsp3) is 0.842. The predicted octanol–water partition coefficient (Wildman–Crippen LogP) is 4.56. The van der Waals surface area contributed by atoms with E-state index in [9.17, 15) is 19.5 Å². The molecule has 3 atom stereocenters. The quantitative estimate of drug-likeness (QED) is 0.474. The molecule has 0 aromatic rings. The maximum Gasteiger partial charge on any atom is 0.313 e. The molecule has 1 N–H and O–H groups in total. The minimum absolute atomic E-state index is 0. The van der Waals surface area contributed by atoms with Gasteiger partial charge < -0.3 is 14.6 Å². The fourth-order valence-electron chi connectivity index (χ4n) is 1.78. The van der Waals surface area contributed by atoms with Crippen LogP contribution in [0.4, 0.5) is 0 Å². The largest absolute Gasteiger partial charge is 0.462 e. The molecule has 0 spiro atoms. The topological polar surface area (TPSA) is 89.9 Å². The number of ketones is 1. The number of carbonyl (C=O) groups is 3. The number of carbonyl (C=O) groups excluding carboxylic acids is 3. The highest BCUT2D eigenvalue weighted by molar-refractivity contribution is 5.94. The number of Topliss-reactive ketones (excluding diaryl/α,β-unsaturated/α-hetero) is 1. The van der Waals surface area contributed by atoms with Gasteiger partial charge in [0, 0.05) is 19.8 Å². The van der Waals surface area contributed by atoms with Gasteiger partial charge in [0.2, 0.25) is 0 Å². The average Bonchev–Trinajstić information content (AvgIpc) is 2.25. The lowest BCUT2D eigenvalue weighted by Crippen LogP contribution is -2.28. The summed E-state index contributed by atoms with van der Waals surface area (Å²) < 4.78 is 10.2. The van der Waals surface area contributed by atoms with Gasteiger partial charge in [0.15, 0.2) is 0 Å². The Morgan fingerprint density at radius 3 is 1.76 bits per heavy atom. The van der Waals surface area contributed by atoms with E-state index < -0.39 is 30.3 Å². The fourth-order valence-corrected chi connectivity index (χ4v) is 1.78. The first-order valence-corrected chi connectivity index (χ1v) is 6.78. The SMILES string of the molecule is C.C.C.C.C.CCC(O)CC(CC(C)OC(=O)CC(C)=O)OC(C)=O. The highest BCUT2D eigenvalue weighted by Gasteiger charge is 2.21. The molecule has 156 valence electrons. The summed E-state index contributed by atoms with van der Waals surface area (Å²) in [5.74, 6) is -1.30. The molecule has 0 aliphatic heterocycles. The van der Waals surface area contributed by atoms with Crippen LogP contribution >= 0.6 is 0 Å². The van der Waals surface area contributed by atoms with Gasteiger partial charge in [0.1, 0.15) is 24.4 Å². The number of ether oxygens (including phenoxy) is 2. The van der Waals surface area contributed by atoms with Gasteiger partial charge in [-0.3, -0.25) is 14.4 Å². The Morgan fingerprint density at radius 2 is 1.40 bits per heavy atom. The van der Waals surface area contributed by atoms with Crippen molar-refractivity contribution in [2.45, 2.75) is 109 Å². The smallest absolute Gasteiger partial charge is 0.313 e. The Balaban J connectivity index is -0.000000180. The molecule has 0 aromatic carbocycles. The van der Waals surface area contributed by atoms with Crippen LogP contribution in [0.15, 0.2) is 0 Å². The van der Waals surface area contributed by atoms with Gasteiger partial charge in [-0.1, -0.05) is 44.1 Å². The third-order valence-electron chi connectivity index (χ3n) is 2.66. The summed E-state index contributed by atoms with van der Waals surface area (Å²) in [4.78, 5) is 33.1. The van der Waals surface area contributed by atoms with E-state index in [2.05, 4.69) is 0 Å². The van der Waals surface area contributed by atoms with E-state index in [1.165, 1.54) is 13.8 Å². The zero-order valence-electron chi connectivity index (χ0n) is 12.5. The molecular weight excluding hydrogens is 324 g/mol. The molecule has 25 heavy (non-hydrogen) atoms. The van der Waals surface area contributed by atoms with Crippen LogP contribution in [0.1, 0.15) is 90.5 Å². The number of aliphatic hydroxyl groups is 1. The lowest BCUT2D eigenvalue weighted by atomic mass is 10.0. The summed E-state index contributed by atoms with van der Waals surface area (Å²) >= 11 is 0. The number of hydrogen-bond acceptors (Lipinski definition) is 6. The van der Waals surface area contributed by atoms with Crippen molar-refractivity contribution in [2.75, 3.05) is 0 Å². The summed E-state index contributed by atoms with van der Waals surface area (Å²) in [7, 11) is 0. The van der Waals surface area contributed by atoms with Gasteiger partial charge in [-0.15, -0.1) is 0 Å². The molecule has 0 rings (SSSR count). The lowest BCUT2D eigenvalue weighted by Gasteiger charge is -2.22. The van der Waals surface area contributed by atoms with Crippen molar-refractivity contribution in [1.29, 1.82) is 0 Å². The van der Waals surface area contributed by atoms with E-state index in [0.717, 1.165) is 0 Å². The molecule has 0 saturated carbocycles. The Morgan fingerprint density at radius 1 is 0.920 bits per heavy atom. The molecule has 0 saturated heterocycles. The molecule has 0 fully saturated rings. The predicted molar refractivity (Wildman–Crippen MR) is 106 cm³/mol. The minimum Gasteiger partial charge on any atom is -0.462 e. The second kappa shape index (κ2) is 20.6. The van der Waals surface area contributed by atoms with Gasteiger partial charge in [0.05, 0.1) is 6.10 Å². The van der Waals surface area contributed by atoms with Crippen LogP contribution < -0.4 is 0 Å². The number of hydrogen-bond donors (Lipinski definition) is 1. The van der Waals surface area contributed by atoms with Crippen molar-refractivity contribution >= 4 is 17.7 Å². The molecule has 6 heteroatoms. The van der Waals surface area contributed by atoms with E-state index in [-0.39, 0.29) is 49.3 Å². The summed E-state index contributed by atoms with van der Waals surface area (Å²) in [5, 5.41) is 9.61. The van der Waals surface area contributed by atoms with E-state index in [1.807, 2.05) is 6.92 Å². The maximum absolute atomic E-state index is 11.3. The van der Waals surface area contributed by atoms with Gasteiger partial charge in [0.25, 0.3) is 0 Å². The molecule has 0 bridgehead atoms. The molecule has 0 radical (unpaired) electrons. The highest BCUT2D eigenvalue weighted by atomic mass is 16.6. The molecule has 0 amide bonds. The second-order valence-electron chi connectivity index (χ2n) is 4.94. The van der Waals surface area contributed by atoms with Crippen molar-refractivity contribution in [3.05, 3.63) is 0 Å². The van der Waals surface area contributed by atoms with Gasteiger partial charge in [-0.05, 0) is 20.3 Å². The van der Waals surface area contributed by atoms with Crippen LogP contribution in [0.5, 0.6) is 0 Å². The summed E-state index contributed by atoms with van der Waals surface area (Å²) in [6, 6.07) is 0. The molecule has 3 unspecified atom stereocenters. The lowest BCUT2D eigenvalue weighted by molar-refractivity contribution is -0.154. The Kier molecular flexibility index (Phi) is 32.1.